The van der Waals surface area contributed by atoms with E-state index in [1.54, 1.807) is 5.57 Å². The first-order chi connectivity index (χ1) is 10.6. The molecule has 0 spiro atoms. The summed E-state index contributed by atoms with van der Waals surface area (Å²) in [6.45, 7) is 10.1. The number of nitriles is 1. The van der Waals surface area contributed by atoms with Crippen LogP contribution >= 0.6 is 0 Å². The van der Waals surface area contributed by atoms with E-state index < -0.39 is 0 Å². The van der Waals surface area contributed by atoms with E-state index in [0.29, 0.717) is 12.0 Å². The molecule has 1 fully saturated rings. The molecule has 118 valence electrons. The topological polar surface area (TPSA) is 27.0 Å². The molecule has 1 saturated heterocycles. The molecular weight excluding hydrogens is 268 g/mol. The summed E-state index contributed by atoms with van der Waals surface area (Å²) in [4.78, 5) is 2.44. The summed E-state index contributed by atoms with van der Waals surface area (Å²) in [5, 5.41) is 9.72. The predicted octanol–water partition coefficient (Wildman–Crippen LogP) is 5.11. The zero-order chi connectivity index (χ0) is 15.9. The molecule has 2 heterocycles. The van der Waals surface area contributed by atoms with Gasteiger partial charge < -0.3 is 4.90 Å². The third kappa shape index (κ3) is 2.22. The average Bonchev–Trinajstić information content (AvgIpc) is 2.79. The largest absolute Gasteiger partial charge is 0.355 e. The Morgan fingerprint density at radius 1 is 0.909 bits per heavy atom. The van der Waals surface area contributed by atoms with Crippen LogP contribution in [-0.2, 0) is 0 Å². The Morgan fingerprint density at radius 3 is 2.32 bits per heavy atom. The van der Waals surface area contributed by atoms with Gasteiger partial charge in [-0.05, 0) is 69.2 Å². The maximum atomic E-state index is 9.72. The van der Waals surface area contributed by atoms with Gasteiger partial charge in [-0.2, -0.15) is 5.26 Å². The zero-order valence-corrected chi connectivity index (χ0v) is 14.5. The predicted molar refractivity (Wildman–Crippen MR) is 91.1 cm³/mol. The van der Waals surface area contributed by atoms with E-state index >= 15 is 0 Å². The maximum absolute atomic E-state index is 9.72. The van der Waals surface area contributed by atoms with Crippen molar-refractivity contribution in [1.29, 1.82) is 5.26 Å². The van der Waals surface area contributed by atoms with Crippen LogP contribution in [0.5, 0.6) is 0 Å². The third-order valence-electron chi connectivity index (χ3n) is 6.19. The first-order valence-corrected chi connectivity index (χ1v) is 8.82. The van der Waals surface area contributed by atoms with Gasteiger partial charge in [-0.25, -0.2) is 0 Å². The molecule has 0 amide bonds. The molecule has 0 N–H and O–H groups in total. The fourth-order valence-electron chi connectivity index (χ4n) is 4.74. The van der Waals surface area contributed by atoms with Gasteiger partial charge in [0.25, 0.3) is 0 Å². The second kappa shape index (κ2) is 5.95. The third-order valence-corrected chi connectivity index (χ3v) is 6.19. The van der Waals surface area contributed by atoms with Crippen LogP contribution in [0.2, 0.25) is 0 Å². The van der Waals surface area contributed by atoms with Crippen LogP contribution < -0.4 is 0 Å². The lowest BCUT2D eigenvalue weighted by Crippen LogP contribution is -2.39. The van der Waals surface area contributed by atoms with Crippen LogP contribution in [0.25, 0.3) is 0 Å². The fourth-order valence-corrected chi connectivity index (χ4v) is 4.74. The molecule has 0 radical (unpaired) electrons. The minimum Gasteiger partial charge on any atom is -0.355 e. The molecular formula is C20H28N2. The maximum Gasteiger partial charge on any atom is 0.117 e. The second-order valence-electron chi connectivity index (χ2n) is 7.24. The zero-order valence-electron chi connectivity index (χ0n) is 14.5. The van der Waals surface area contributed by atoms with Crippen molar-refractivity contribution in [1.82, 2.24) is 4.90 Å². The van der Waals surface area contributed by atoms with Gasteiger partial charge in [0.1, 0.15) is 11.8 Å². The van der Waals surface area contributed by atoms with Gasteiger partial charge in [-0.1, -0.05) is 24.8 Å². The number of hydrogen-bond acceptors (Lipinski definition) is 2. The van der Waals surface area contributed by atoms with E-state index in [0.717, 1.165) is 12.2 Å². The molecule has 0 aromatic carbocycles. The molecule has 2 heteroatoms. The summed E-state index contributed by atoms with van der Waals surface area (Å²) in [6.07, 6.45) is 7.73. The minimum atomic E-state index is 0.427. The number of rotatable bonds is 0. The van der Waals surface area contributed by atoms with Crippen molar-refractivity contribution in [3.8, 4) is 6.07 Å². The molecule has 3 rings (SSSR count). The molecule has 0 bridgehead atoms. The lowest BCUT2D eigenvalue weighted by atomic mass is 9.73. The van der Waals surface area contributed by atoms with Gasteiger partial charge in [-0.15, -0.1) is 0 Å². The molecule has 2 atom stereocenters. The average molecular weight is 296 g/mol. The first-order valence-electron chi connectivity index (χ1n) is 8.82. The SMILES string of the molecule is CC1=C(C)C2C(C)=C(C#N)N3CCCCCCCC(=C1C)C23. The number of nitrogens with zero attached hydrogens (tertiary/aromatic N) is 2. The molecule has 3 aliphatic rings. The normalized spacial score (nSPS) is 29.7. The highest BCUT2D eigenvalue weighted by Crippen LogP contribution is 2.48. The van der Waals surface area contributed by atoms with Gasteiger partial charge >= 0.3 is 0 Å². The molecule has 0 aromatic rings. The molecule has 2 aliphatic heterocycles. The Hall–Kier alpha value is -1.49. The summed E-state index contributed by atoms with van der Waals surface area (Å²) in [6, 6.07) is 2.95. The van der Waals surface area contributed by atoms with Crippen LogP contribution in [0.1, 0.15) is 66.2 Å². The van der Waals surface area contributed by atoms with Gasteiger partial charge in [0.15, 0.2) is 0 Å². The minimum absolute atomic E-state index is 0.427. The van der Waals surface area contributed by atoms with Gasteiger partial charge in [-0.3, -0.25) is 0 Å². The quantitative estimate of drug-likeness (QED) is 0.621. The van der Waals surface area contributed by atoms with E-state index in [1.807, 2.05) is 0 Å². The number of hydrogen-bond donors (Lipinski definition) is 0. The highest BCUT2D eigenvalue weighted by atomic mass is 15.2. The van der Waals surface area contributed by atoms with Gasteiger partial charge in [0.2, 0.25) is 0 Å². The van der Waals surface area contributed by atoms with Crippen molar-refractivity contribution in [2.75, 3.05) is 6.54 Å². The van der Waals surface area contributed by atoms with Crippen molar-refractivity contribution in [2.45, 2.75) is 72.3 Å². The molecule has 22 heavy (non-hydrogen) atoms. The summed E-state index contributed by atoms with van der Waals surface area (Å²) in [7, 11) is 0. The Labute approximate surface area is 135 Å². The Balaban J connectivity index is 2.12. The lowest BCUT2D eigenvalue weighted by molar-refractivity contribution is 0.267. The van der Waals surface area contributed by atoms with Crippen LogP contribution in [0.3, 0.4) is 0 Å². The monoisotopic (exact) mass is 296 g/mol. The fraction of sp³-hybridized carbons (Fsp3) is 0.650. The smallest absolute Gasteiger partial charge is 0.117 e. The van der Waals surface area contributed by atoms with E-state index in [-0.39, 0.29) is 0 Å². The van der Waals surface area contributed by atoms with E-state index in [2.05, 4.69) is 38.7 Å². The molecule has 0 saturated carbocycles. The van der Waals surface area contributed by atoms with Crippen molar-refractivity contribution >= 4 is 0 Å². The molecule has 1 aliphatic carbocycles. The van der Waals surface area contributed by atoms with Gasteiger partial charge in [0, 0.05) is 12.5 Å². The Morgan fingerprint density at radius 2 is 1.59 bits per heavy atom. The van der Waals surface area contributed by atoms with Crippen molar-refractivity contribution in [3.05, 3.63) is 33.6 Å². The molecule has 2 nitrogen and oxygen atoms in total. The second-order valence-corrected chi connectivity index (χ2v) is 7.24. The van der Waals surface area contributed by atoms with E-state index in [4.69, 9.17) is 0 Å². The number of allylic oxidation sites excluding steroid dienone is 3. The summed E-state index contributed by atoms with van der Waals surface area (Å²) < 4.78 is 0. The van der Waals surface area contributed by atoms with E-state index in [9.17, 15) is 5.26 Å². The Bertz CT molecular complexity index is 612. The van der Waals surface area contributed by atoms with Crippen molar-refractivity contribution < 1.29 is 0 Å². The summed E-state index contributed by atoms with van der Waals surface area (Å²) in [5.74, 6) is 0.438. The summed E-state index contributed by atoms with van der Waals surface area (Å²) >= 11 is 0. The van der Waals surface area contributed by atoms with Gasteiger partial charge in [0.05, 0.1) is 6.04 Å². The lowest BCUT2D eigenvalue weighted by Gasteiger charge is -2.39. The van der Waals surface area contributed by atoms with Crippen molar-refractivity contribution in [3.63, 3.8) is 0 Å². The van der Waals surface area contributed by atoms with Crippen LogP contribution in [0.15, 0.2) is 33.6 Å². The molecule has 0 aromatic heterocycles. The van der Waals surface area contributed by atoms with E-state index in [1.165, 1.54) is 60.8 Å². The standard InChI is InChI=1S/C20H28N2/c1-13-14(2)17-10-8-6-5-7-9-11-22-18(12-21)16(4)19(15(13)3)20(17)22/h19-20H,5-11H2,1-4H3. The first kappa shape index (κ1) is 15.4. The van der Waals surface area contributed by atoms with Crippen molar-refractivity contribution in [2.24, 2.45) is 5.92 Å². The van der Waals surface area contributed by atoms with Crippen LogP contribution in [0.4, 0.5) is 0 Å². The molecule has 2 unspecified atom stereocenters. The Kier molecular flexibility index (Phi) is 4.17. The summed E-state index contributed by atoms with van der Waals surface area (Å²) in [5.41, 5.74) is 8.31. The highest BCUT2D eigenvalue weighted by Gasteiger charge is 2.44. The van der Waals surface area contributed by atoms with Crippen LogP contribution in [0, 0.1) is 17.2 Å². The highest BCUT2D eigenvalue weighted by molar-refractivity contribution is 5.52. The van der Waals surface area contributed by atoms with Crippen LogP contribution in [-0.4, -0.2) is 17.5 Å².